The molecule has 3 aromatic carbocycles. The van der Waals surface area contributed by atoms with Gasteiger partial charge in [0.1, 0.15) is 0 Å². The number of hydrogen-bond acceptors (Lipinski definition) is 4. The van der Waals surface area contributed by atoms with Gasteiger partial charge in [0, 0.05) is 21.9 Å². The van der Waals surface area contributed by atoms with Gasteiger partial charge in [0.25, 0.3) is 11.8 Å². The fourth-order valence-corrected chi connectivity index (χ4v) is 5.89. The van der Waals surface area contributed by atoms with Gasteiger partial charge in [-0.25, -0.2) is 0 Å². The van der Waals surface area contributed by atoms with Gasteiger partial charge in [-0.1, -0.05) is 54.2 Å². The van der Waals surface area contributed by atoms with Crippen molar-refractivity contribution < 1.29 is 9.59 Å². The third kappa shape index (κ3) is 5.95. The number of fused-ring (bicyclic) bond motifs is 2. The summed E-state index contributed by atoms with van der Waals surface area (Å²) in [4.78, 5) is 29.7. The molecule has 0 radical (unpaired) electrons. The quantitative estimate of drug-likeness (QED) is 0.435. The van der Waals surface area contributed by atoms with Gasteiger partial charge in [-0.05, 0) is 87.1 Å². The smallest absolute Gasteiger partial charge is 0.256 e. The number of nitrogens with one attached hydrogen (secondary N) is 2. The summed E-state index contributed by atoms with van der Waals surface area (Å²) < 4.78 is 0. The van der Waals surface area contributed by atoms with Crippen LogP contribution in [0.25, 0.3) is 0 Å². The fraction of sp³-hybridized carbons (Fsp3) is 0.310. The average molecular weight is 486 g/mol. The number of carbonyl (C=O) groups is 2. The standard InChI is InChI=1S/C29H31N3O2S/c33-28(23-11-12-27-25(20-23)31-29(34)24-9-4-5-10-26(24)35-27)30-15-6-16-32-17-13-22(14-18-32)19-21-7-2-1-3-8-21/h1-5,7-12,20,22H,6,13-19H2,(H,30,33)(H,31,34). The van der Waals surface area contributed by atoms with Crippen molar-refractivity contribution >= 4 is 29.3 Å². The van der Waals surface area contributed by atoms with Crippen LogP contribution in [0, 0.1) is 5.92 Å². The minimum Gasteiger partial charge on any atom is -0.352 e. The van der Waals surface area contributed by atoms with E-state index in [1.807, 2.05) is 36.4 Å². The van der Waals surface area contributed by atoms with Gasteiger partial charge in [0.05, 0.1) is 11.3 Å². The topological polar surface area (TPSA) is 61.4 Å². The van der Waals surface area contributed by atoms with E-state index in [4.69, 9.17) is 0 Å². The van der Waals surface area contributed by atoms with Crippen molar-refractivity contribution in [2.75, 3.05) is 31.5 Å². The lowest BCUT2D eigenvalue weighted by atomic mass is 9.90. The zero-order chi connectivity index (χ0) is 24.0. The molecule has 5 rings (SSSR count). The zero-order valence-electron chi connectivity index (χ0n) is 19.8. The third-order valence-electron chi connectivity index (χ3n) is 6.85. The predicted octanol–water partition coefficient (Wildman–Crippen LogP) is 5.48. The molecule has 2 amide bonds. The van der Waals surface area contributed by atoms with Crippen LogP contribution in [0.2, 0.25) is 0 Å². The molecule has 5 nitrogen and oxygen atoms in total. The highest BCUT2D eigenvalue weighted by Gasteiger charge is 2.21. The Bertz CT molecular complexity index is 1190. The lowest BCUT2D eigenvalue weighted by molar-refractivity contribution is 0.0949. The van der Waals surface area contributed by atoms with E-state index in [2.05, 4.69) is 45.9 Å². The van der Waals surface area contributed by atoms with Crippen molar-refractivity contribution in [2.45, 2.75) is 35.5 Å². The largest absolute Gasteiger partial charge is 0.352 e. The number of hydrogen-bond donors (Lipinski definition) is 2. The Morgan fingerprint density at radius 1 is 0.971 bits per heavy atom. The van der Waals surface area contributed by atoms with Gasteiger partial charge in [-0.15, -0.1) is 0 Å². The number of anilines is 1. The van der Waals surface area contributed by atoms with E-state index in [0.717, 1.165) is 41.8 Å². The van der Waals surface area contributed by atoms with Crippen LogP contribution in [0.4, 0.5) is 5.69 Å². The van der Waals surface area contributed by atoms with E-state index in [-0.39, 0.29) is 11.8 Å². The zero-order valence-corrected chi connectivity index (χ0v) is 20.7. The first kappa shape index (κ1) is 23.6. The highest BCUT2D eigenvalue weighted by molar-refractivity contribution is 7.99. The first-order chi connectivity index (χ1) is 17.2. The second-order valence-electron chi connectivity index (χ2n) is 9.35. The number of likely N-dealkylation sites (tertiary alicyclic amines) is 1. The minimum absolute atomic E-state index is 0.102. The summed E-state index contributed by atoms with van der Waals surface area (Å²) >= 11 is 1.54. The summed E-state index contributed by atoms with van der Waals surface area (Å²) in [5.41, 5.74) is 3.34. The van der Waals surface area contributed by atoms with Crippen LogP contribution in [-0.2, 0) is 6.42 Å². The molecule has 2 heterocycles. The predicted molar refractivity (Wildman–Crippen MR) is 141 cm³/mol. The van der Waals surface area contributed by atoms with E-state index in [9.17, 15) is 9.59 Å². The molecule has 2 aliphatic heterocycles. The summed E-state index contributed by atoms with van der Waals surface area (Å²) in [7, 11) is 0. The molecule has 2 aliphatic rings. The maximum Gasteiger partial charge on any atom is 0.256 e. The van der Waals surface area contributed by atoms with E-state index >= 15 is 0 Å². The molecule has 180 valence electrons. The lowest BCUT2D eigenvalue weighted by Crippen LogP contribution is -2.36. The SMILES string of the molecule is O=C(NCCCN1CCC(Cc2ccccc2)CC1)c1ccc2c(c1)NC(=O)c1ccccc1S2. The van der Waals surface area contributed by atoms with Crippen molar-refractivity contribution in [2.24, 2.45) is 5.92 Å². The molecule has 0 atom stereocenters. The molecule has 35 heavy (non-hydrogen) atoms. The van der Waals surface area contributed by atoms with Crippen LogP contribution in [0.1, 0.15) is 45.5 Å². The van der Waals surface area contributed by atoms with Crippen LogP contribution >= 0.6 is 11.8 Å². The Kier molecular flexibility index (Phi) is 7.50. The van der Waals surface area contributed by atoms with E-state index in [1.165, 1.54) is 24.8 Å². The number of carbonyl (C=O) groups excluding carboxylic acids is 2. The van der Waals surface area contributed by atoms with Crippen LogP contribution < -0.4 is 10.6 Å². The molecule has 0 spiro atoms. The molecular weight excluding hydrogens is 454 g/mol. The van der Waals surface area contributed by atoms with Crippen LogP contribution in [-0.4, -0.2) is 42.9 Å². The van der Waals surface area contributed by atoms with Crippen LogP contribution in [0.15, 0.2) is 82.6 Å². The number of piperidine rings is 1. The Balaban J connectivity index is 1.07. The van der Waals surface area contributed by atoms with Gasteiger partial charge < -0.3 is 15.5 Å². The van der Waals surface area contributed by atoms with Crippen molar-refractivity contribution in [3.8, 4) is 0 Å². The molecule has 0 unspecified atom stereocenters. The number of benzene rings is 3. The molecule has 1 saturated heterocycles. The normalized spacial score (nSPS) is 16.1. The molecule has 0 saturated carbocycles. The molecule has 2 N–H and O–H groups in total. The Hall–Kier alpha value is -3.09. The molecular formula is C29H31N3O2S. The van der Waals surface area contributed by atoms with Crippen LogP contribution in [0.5, 0.6) is 0 Å². The maximum atomic E-state index is 12.7. The summed E-state index contributed by atoms with van der Waals surface area (Å²) in [5.74, 6) is 0.528. The van der Waals surface area contributed by atoms with E-state index in [0.29, 0.717) is 23.4 Å². The van der Waals surface area contributed by atoms with Gasteiger partial charge in [0.15, 0.2) is 0 Å². The average Bonchev–Trinajstić information content (AvgIpc) is 3.03. The van der Waals surface area contributed by atoms with Crippen molar-refractivity contribution in [3.05, 3.63) is 89.5 Å². The Morgan fingerprint density at radius 2 is 1.74 bits per heavy atom. The summed E-state index contributed by atoms with van der Waals surface area (Å²) in [6, 6.07) is 23.9. The molecule has 3 aromatic rings. The van der Waals surface area contributed by atoms with Crippen molar-refractivity contribution in [3.63, 3.8) is 0 Å². The van der Waals surface area contributed by atoms with Gasteiger partial charge in [-0.2, -0.15) is 0 Å². The second kappa shape index (κ2) is 11.1. The Labute approximate surface area is 211 Å². The first-order valence-electron chi connectivity index (χ1n) is 12.4. The maximum absolute atomic E-state index is 12.7. The van der Waals surface area contributed by atoms with Crippen LogP contribution in [0.3, 0.4) is 0 Å². The summed E-state index contributed by atoms with van der Waals surface area (Å²) in [6.07, 6.45) is 4.59. The van der Waals surface area contributed by atoms with E-state index in [1.54, 1.807) is 17.8 Å². The number of rotatable bonds is 7. The van der Waals surface area contributed by atoms with Gasteiger partial charge >= 0.3 is 0 Å². The third-order valence-corrected chi connectivity index (χ3v) is 8.00. The number of nitrogens with zero attached hydrogens (tertiary/aromatic N) is 1. The monoisotopic (exact) mass is 485 g/mol. The van der Waals surface area contributed by atoms with Crippen molar-refractivity contribution in [1.29, 1.82) is 0 Å². The summed E-state index contributed by atoms with van der Waals surface area (Å²) in [5, 5.41) is 6.00. The van der Waals surface area contributed by atoms with E-state index < -0.39 is 0 Å². The molecule has 6 heteroatoms. The molecule has 0 aromatic heterocycles. The highest BCUT2D eigenvalue weighted by Crippen LogP contribution is 2.39. The lowest BCUT2D eigenvalue weighted by Gasteiger charge is -2.32. The van der Waals surface area contributed by atoms with Crippen molar-refractivity contribution in [1.82, 2.24) is 10.2 Å². The fourth-order valence-electron chi connectivity index (χ4n) is 4.88. The first-order valence-corrected chi connectivity index (χ1v) is 13.2. The molecule has 0 aliphatic carbocycles. The molecule has 1 fully saturated rings. The minimum atomic E-state index is -0.142. The highest BCUT2D eigenvalue weighted by atomic mass is 32.2. The summed E-state index contributed by atoms with van der Waals surface area (Å²) in [6.45, 7) is 3.92. The Morgan fingerprint density at radius 3 is 2.57 bits per heavy atom. The molecule has 0 bridgehead atoms. The van der Waals surface area contributed by atoms with Gasteiger partial charge in [-0.3, -0.25) is 9.59 Å². The number of amides is 2. The van der Waals surface area contributed by atoms with Gasteiger partial charge in [0.2, 0.25) is 0 Å². The second-order valence-corrected chi connectivity index (χ2v) is 10.4.